The van der Waals surface area contributed by atoms with Crippen LogP contribution >= 0.6 is 0 Å². The molecule has 9 heteroatoms. The van der Waals surface area contributed by atoms with E-state index in [0.717, 1.165) is 38.4 Å². The third kappa shape index (κ3) is 4.75. The fraction of sp³-hybridized carbons (Fsp3) is 0.812. The van der Waals surface area contributed by atoms with Gasteiger partial charge in [-0.2, -0.15) is 0 Å². The van der Waals surface area contributed by atoms with Crippen molar-refractivity contribution in [2.45, 2.75) is 52.3 Å². The summed E-state index contributed by atoms with van der Waals surface area (Å²) in [6, 6.07) is 0. The molecular formula is C16H28N8O. The first-order valence-electron chi connectivity index (χ1n) is 9.03. The number of anilines is 1. The predicted molar refractivity (Wildman–Crippen MR) is 93.0 cm³/mol. The molecule has 0 bridgehead atoms. The fourth-order valence-electron chi connectivity index (χ4n) is 3.50. The molecule has 2 aromatic heterocycles. The molecule has 0 saturated carbocycles. The Morgan fingerprint density at radius 3 is 2.92 bits per heavy atom. The van der Waals surface area contributed by atoms with Crippen molar-refractivity contribution in [3.63, 3.8) is 0 Å². The molecule has 0 aromatic carbocycles. The third-order valence-electron chi connectivity index (χ3n) is 4.68. The van der Waals surface area contributed by atoms with Gasteiger partial charge in [0.2, 0.25) is 5.95 Å². The Balaban J connectivity index is 1.64. The summed E-state index contributed by atoms with van der Waals surface area (Å²) in [6.07, 6.45) is 7.07. The van der Waals surface area contributed by atoms with Crippen LogP contribution in [0.5, 0.6) is 0 Å². The summed E-state index contributed by atoms with van der Waals surface area (Å²) in [6.45, 7) is 7.88. The summed E-state index contributed by atoms with van der Waals surface area (Å²) in [5, 5.41) is 20.3. The highest BCUT2D eigenvalue weighted by Gasteiger charge is 2.25. The highest BCUT2D eigenvalue weighted by Crippen LogP contribution is 2.23. The van der Waals surface area contributed by atoms with Gasteiger partial charge in [0.15, 0.2) is 0 Å². The van der Waals surface area contributed by atoms with E-state index in [-0.39, 0.29) is 6.10 Å². The predicted octanol–water partition coefficient (Wildman–Crippen LogP) is 1.24. The molecule has 1 aliphatic rings. The van der Waals surface area contributed by atoms with Gasteiger partial charge in [-0.3, -0.25) is 4.68 Å². The normalized spacial score (nSPS) is 19.5. The van der Waals surface area contributed by atoms with Gasteiger partial charge in [-0.15, -0.1) is 5.10 Å². The van der Waals surface area contributed by atoms with Gasteiger partial charge in [-0.1, -0.05) is 24.2 Å². The van der Waals surface area contributed by atoms with Crippen LogP contribution in [-0.4, -0.2) is 61.5 Å². The number of nitrogens with zero attached hydrogens (tertiary/aromatic N) is 8. The summed E-state index contributed by atoms with van der Waals surface area (Å²) in [5.74, 6) is 1.94. The Hall–Kier alpha value is -2.03. The van der Waals surface area contributed by atoms with Gasteiger partial charge in [-0.25, -0.2) is 4.68 Å². The molecule has 1 saturated heterocycles. The Bertz CT molecular complexity index is 626. The molecule has 1 fully saturated rings. The van der Waals surface area contributed by atoms with Crippen molar-refractivity contribution in [1.29, 1.82) is 0 Å². The van der Waals surface area contributed by atoms with Crippen molar-refractivity contribution in [2.24, 2.45) is 11.8 Å². The SMILES string of the molecule is COC(CC(C)C)Cn1nnnc1N1CCCC(Cn2ccnn2)C1. The summed E-state index contributed by atoms with van der Waals surface area (Å²) in [7, 11) is 1.76. The molecule has 2 aromatic rings. The number of methoxy groups -OCH3 is 1. The first-order chi connectivity index (χ1) is 12.2. The van der Waals surface area contributed by atoms with Crippen molar-refractivity contribution >= 4 is 5.95 Å². The lowest BCUT2D eigenvalue weighted by molar-refractivity contribution is 0.0671. The zero-order chi connectivity index (χ0) is 17.6. The highest BCUT2D eigenvalue weighted by molar-refractivity contribution is 5.28. The number of hydrogen-bond donors (Lipinski definition) is 0. The number of tetrazole rings is 1. The molecule has 0 amide bonds. The molecular weight excluding hydrogens is 320 g/mol. The number of ether oxygens (including phenoxy) is 1. The van der Waals surface area contributed by atoms with E-state index >= 15 is 0 Å². The summed E-state index contributed by atoms with van der Waals surface area (Å²) < 4.78 is 9.40. The van der Waals surface area contributed by atoms with Gasteiger partial charge in [0.05, 0.1) is 18.8 Å². The molecule has 3 rings (SSSR count). The van der Waals surface area contributed by atoms with E-state index in [0.29, 0.717) is 18.4 Å². The van der Waals surface area contributed by atoms with Crippen LogP contribution in [0.4, 0.5) is 5.95 Å². The van der Waals surface area contributed by atoms with Crippen LogP contribution in [0.15, 0.2) is 12.4 Å². The Kier molecular flexibility index (Phi) is 5.95. The zero-order valence-corrected chi connectivity index (χ0v) is 15.3. The molecule has 0 N–H and O–H groups in total. The molecule has 9 nitrogen and oxygen atoms in total. The number of rotatable bonds is 8. The van der Waals surface area contributed by atoms with Crippen molar-refractivity contribution in [3.8, 4) is 0 Å². The minimum absolute atomic E-state index is 0.123. The maximum atomic E-state index is 5.61. The molecule has 3 heterocycles. The quantitative estimate of drug-likeness (QED) is 0.709. The molecule has 25 heavy (non-hydrogen) atoms. The van der Waals surface area contributed by atoms with Crippen LogP contribution in [0.2, 0.25) is 0 Å². The van der Waals surface area contributed by atoms with Gasteiger partial charge >= 0.3 is 0 Å². The standard InChI is InChI=1S/C16H28N8O/c1-13(2)9-15(25-3)12-24-16(18-19-21-24)22-7-4-5-14(10-22)11-23-8-6-17-20-23/h6,8,13-15H,4-5,7,9-12H2,1-3H3. The van der Waals surface area contributed by atoms with Crippen molar-refractivity contribution in [2.75, 3.05) is 25.1 Å². The maximum absolute atomic E-state index is 5.61. The molecule has 0 spiro atoms. The lowest BCUT2D eigenvalue weighted by atomic mass is 9.98. The molecule has 1 aliphatic heterocycles. The first-order valence-corrected chi connectivity index (χ1v) is 9.03. The molecule has 2 unspecified atom stereocenters. The third-order valence-corrected chi connectivity index (χ3v) is 4.68. The van der Waals surface area contributed by atoms with E-state index in [2.05, 4.69) is 44.6 Å². The number of aromatic nitrogens is 7. The molecule has 0 aliphatic carbocycles. The Labute approximate surface area is 148 Å². The second kappa shape index (κ2) is 8.37. The summed E-state index contributed by atoms with van der Waals surface area (Å²) in [5.41, 5.74) is 0. The molecule has 0 radical (unpaired) electrons. The minimum atomic E-state index is 0.123. The average molecular weight is 348 g/mol. The smallest absolute Gasteiger partial charge is 0.245 e. The largest absolute Gasteiger partial charge is 0.380 e. The van der Waals surface area contributed by atoms with E-state index in [1.54, 1.807) is 13.3 Å². The van der Waals surface area contributed by atoms with Gasteiger partial charge in [0.25, 0.3) is 0 Å². The summed E-state index contributed by atoms with van der Waals surface area (Å²) in [4.78, 5) is 2.28. The Morgan fingerprint density at radius 2 is 2.20 bits per heavy atom. The Morgan fingerprint density at radius 1 is 1.32 bits per heavy atom. The zero-order valence-electron chi connectivity index (χ0n) is 15.3. The number of hydrogen-bond acceptors (Lipinski definition) is 7. The summed E-state index contributed by atoms with van der Waals surface area (Å²) >= 11 is 0. The van der Waals surface area contributed by atoms with Gasteiger partial charge in [0, 0.05) is 32.9 Å². The second-order valence-corrected chi connectivity index (χ2v) is 7.23. The van der Waals surface area contributed by atoms with E-state index in [9.17, 15) is 0 Å². The second-order valence-electron chi connectivity index (χ2n) is 7.23. The van der Waals surface area contributed by atoms with Crippen LogP contribution in [0.3, 0.4) is 0 Å². The lowest BCUT2D eigenvalue weighted by Gasteiger charge is -2.33. The van der Waals surface area contributed by atoms with Crippen LogP contribution in [0, 0.1) is 11.8 Å². The number of piperidine rings is 1. The van der Waals surface area contributed by atoms with E-state index < -0.39 is 0 Å². The minimum Gasteiger partial charge on any atom is -0.380 e. The molecule has 138 valence electrons. The van der Waals surface area contributed by atoms with E-state index in [4.69, 9.17) is 4.74 Å². The highest BCUT2D eigenvalue weighted by atomic mass is 16.5. The molecule has 2 atom stereocenters. The average Bonchev–Trinajstić information content (AvgIpc) is 3.26. The van der Waals surface area contributed by atoms with Crippen LogP contribution in [0.25, 0.3) is 0 Å². The van der Waals surface area contributed by atoms with Crippen LogP contribution in [-0.2, 0) is 17.8 Å². The lowest BCUT2D eigenvalue weighted by Crippen LogP contribution is -2.39. The van der Waals surface area contributed by atoms with E-state index in [1.165, 1.54) is 6.42 Å². The van der Waals surface area contributed by atoms with Gasteiger partial charge in [-0.05, 0) is 41.5 Å². The van der Waals surface area contributed by atoms with Crippen LogP contribution in [0.1, 0.15) is 33.1 Å². The van der Waals surface area contributed by atoms with Crippen molar-refractivity contribution < 1.29 is 4.74 Å². The first kappa shape index (κ1) is 17.8. The van der Waals surface area contributed by atoms with Gasteiger partial charge in [0.1, 0.15) is 0 Å². The van der Waals surface area contributed by atoms with Crippen molar-refractivity contribution in [3.05, 3.63) is 12.4 Å². The maximum Gasteiger partial charge on any atom is 0.245 e. The van der Waals surface area contributed by atoms with Crippen LogP contribution < -0.4 is 4.90 Å². The monoisotopic (exact) mass is 348 g/mol. The van der Waals surface area contributed by atoms with Gasteiger partial charge < -0.3 is 9.64 Å². The van der Waals surface area contributed by atoms with Crippen molar-refractivity contribution in [1.82, 2.24) is 35.2 Å². The topological polar surface area (TPSA) is 86.8 Å². The fourth-order valence-corrected chi connectivity index (χ4v) is 3.50. The van der Waals surface area contributed by atoms with E-state index in [1.807, 2.05) is 15.6 Å².